The van der Waals surface area contributed by atoms with Crippen LogP contribution in [0.15, 0.2) is 96.4 Å². The summed E-state index contributed by atoms with van der Waals surface area (Å²) in [4.78, 5) is 32.0. The third-order valence-corrected chi connectivity index (χ3v) is 8.95. The van der Waals surface area contributed by atoms with E-state index in [0.29, 0.717) is 36.8 Å². The Morgan fingerprint density at radius 3 is 2.36 bits per heavy atom. The van der Waals surface area contributed by atoms with Gasteiger partial charge in [0.15, 0.2) is 11.4 Å². The van der Waals surface area contributed by atoms with Crippen molar-refractivity contribution in [2.45, 2.75) is 75.8 Å². The largest absolute Gasteiger partial charge is 0.392 e. The maximum atomic E-state index is 12.4. The van der Waals surface area contributed by atoms with Gasteiger partial charge >= 0.3 is 0 Å². The van der Waals surface area contributed by atoms with Crippen molar-refractivity contribution in [2.75, 3.05) is 12.3 Å². The third-order valence-electron chi connectivity index (χ3n) is 7.94. The second-order valence-electron chi connectivity index (χ2n) is 11.6. The summed E-state index contributed by atoms with van der Waals surface area (Å²) in [5, 5.41) is 16.0. The fourth-order valence-corrected chi connectivity index (χ4v) is 6.20. The molecule has 1 fully saturated rings. The number of benzene rings is 3. The van der Waals surface area contributed by atoms with Crippen LogP contribution in [-0.4, -0.2) is 45.3 Å². The summed E-state index contributed by atoms with van der Waals surface area (Å²) < 4.78 is 13.0. The Hall–Kier alpha value is -4.09. The molecule has 1 saturated heterocycles. The van der Waals surface area contributed by atoms with Gasteiger partial charge in [0.2, 0.25) is 11.8 Å². The van der Waals surface area contributed by atoms with Crippen molar-refractivity contribution in [3.63, 3.8) is 0 Å². The van der Waals surface area contributed by atoms with Crippen LogP contribution < -0.4 is 10.6 Å². The van der Waals surface area contributed by atoms with E-state index in [1.807, 2.05) is 48.5 Å². The number of aliphatic hydroxyl groups is 1. The molecule has 0 aliphatic carbocycles. The molecule has 1 aromatic heterocycles. The molecule has 0 bridgehead atoms. The number of rotatable bonds is 15. The molecular weight excluding hydrogens is 612 g/mol. The van der Waals surface area contributed by atoms with E-state index in [9.17, 15) is 14.7 Å². The second-order valence-corrected chi connectivity index (χ2v) is 12.6. The Balaban J connectivity index is 1.19. The van der Waals surface area contributed by atoms with Crippen molar-refractivity contribution in [1.29, 1.82) is 0 Å². The summed E-state index contributed by atoms with van der Waals surface area (Å²) in [6.07, 6.45) is 6.41. The molecule has 2 heterocycles. The first-order chi connectivity index (χ1) is 23.0. The standard InChI is InChI=1S/C37H42N4O5S/c1-26(43)38-18-4-2-3-9-35(44)41-23-28-7-5-8-32(21-28)29-14-16-31(17-15-29)36-45-33(25-47-37-39-19-6-20-40-37)22-34(46-36)30-12-10-27(24-42)11-13-30/h5-8,10-17,19-21,33-34,36,42H,2-4,9,18,22-25H2,1H3,(H,38,43)(H,41,44)/t33-,34+,36+/m0/s1. The van der Waals surface area contributed by atoms with Crippen LogP contribution in [-0.2, 0) is 32.2 Å². The van der Waals surface area contributed by atoms with Gasteiger partial charge in [-0.2, -0.15) is 0 Å². The van der Waals surface area contributed by atoms with Gasteiger partial charge in [-0.1, -0.05) is 84.9 Å². The predicted octanol–water partition coefficient (Wildman–Crippen LogP) is 6.29. The minimum absolute atomic E-state index is 0.000801. The Labute approximate surface area is 280 Å². The molecule has 0 spiro atoms. The van der Waals surface area contributed by atoms with Crippen LogP contribution in [0.25, 0.3) is 11.1 Å². The molecular formula is C37H42N4O5S. The van der Waals surface area contributed by atoms with Gasteiger partial charge < -0.3 is 25.2 Å². The van der Waals surface area contributed by atoms with Crippen LogP contribution in [0.1, 0.15) is 73.7 Å². The van der Waals surface area contributed by atoms with Crippen molar-refractivity contribution >= 4 is 23.6 Å². The van der Waals surface area contributed by atoms with E-state index >= 15 is 0 Å². The topological polar surface area (TPSA) is 123 Å². The third kappa shape index (κ3) is 10.7. The van der Waals surface area contributed by atoms with E-state index in [-0.39, 0.29) is 30.6 Å². The van der Waals surface area contributed by atoms with Crippen molar-refractivity contribution in [3.8, 4) is 11.1 Å². The Bertz CT molecular complexity index is 1570. The van der Waals surface area contributed by atoms with Crippen LogP contribution in [0.5, 0.6) is 0 Å². The molecule has 0 unspecified atom stereocenters. The van der Waals surface area contributed by atoms with Gasteiger partial charge in [0.05, 0.1) is 18.8 Å². The quantitative estimate of drug-likeness (QED) is 0.0777. The highest BCUT2D eigenvalue weighted by Gasteiger charge is 2.32. The highest BCUT2D eigenvalue weighted by molar-refractivity contribution is 7.99. The number of carbonyl (C=O) groups is 2. The first-order valence-corrected chi connectivity index (χ1v) is 17.1. The van der Waals surface area contributed by atoms with Crippen LogP contribution >= 0.6 is 11.8 Å². The summed E-state index contributed by atoms with van der Waals surface area (Å²) in [7, 11) is 0. The molecule has 3 atom stereocenters. The zero-order valence-electron chi connectivity index (χ0n) is 26.6. The van der Waals surface area contributed by atoms with E-state index in [0.717, 1.165) is 52.6 Å². The van der Waals surface area contributed by atoms with Gasteiger partial charge in [0, 0.05) is 56.6 Å². The molecule has 3 N–H and O–H groups in total. The summed E-state index contributed by atoms with van der Waals surface area (Å²) in [6.45, 7) is 2.63. The molecule has 47 heavy (non-hydrogen) atoms. The van der Waals surface area contributed by atoms with Gasteiger partial charge in [0.25, 0.3) is 0 Å². The van der Waals surface area contributed by atoms with Crippen LogP contribution in [0.3, 0.4) is 0 Å². The molecule has 10 heteroatoms. The summed E-state index contributed by atoms with van der Waals surface area (Å²) >= 11 is 1.57. The molecule has 5 rings (SSSR count). The number of aromatic nitrogens is 2. The number of nitrogens with one attached hydrogen (secondary N) is 2. The number of hydrogen-bond donors (Lipinski definition) is 3. The van der Waals surface area contributed by atoms with E-state index in [1.54, 1.807) is 30.2 Å². The molecule has 0 radical (unpaired) electrons. The van der Waals surface area contributed by atoms with Gasteiger partial charge in [-0.3, -0.25) is 9.59 Å². The minimum atomic E-state index is -0.547. The van der Waals surface area contributed by atoms with Crippen LogP contribution in [0.2, 0.25) is 0 Å². The molecule has 4 aromatic rings. The number of carbonyl (C=O) groups excluding carboxylic acids is 2. The Morgan fingerprint density at radius 2 is 1.62 bits per heavy atom. The zero-order valence-corrected chi connectivity index (χ0v) is 27.5. The molecule has 9 nitrogen and oxygen atoms in total. The predicted molar refractivity (Wildman–Crippen MR) is 182 cm³/mol. The van der Waals surface area contributed by atoms with Gasteiger partial charge in [-0.25, -0.2) is 9.97 Å². The van der Waals surface area contributed by atoms with Crippen LogP contribution in [0, 0.1) is 0 Å². The van der Waals surface area contributed by atoms with Crippen molar-refractivity contribution in [1.82, 2.24) is 20.6 Å². The average Bonchev–Trinajstić information content (AvgIpc) is 3.11. The van der Waals surface area contributed by atoms with E-state index in [4.69, 9.17) is 9.47 Å². The van der Waals surface area contributed by atoms with Gasteiger partial charge in [0.1, 0.15) is 0 Å². The monoisotopic (exact) mass is 654 g/mol. The maximum Gasteiger partial charge on any atom is 0.220 e. The number of nitrogens with zero attached hydrogens (tertiary/aromatic N) is 2. The van der Waals surface area contributed by atoms with Crippen molar-refractivity contribution < 1.29 is 24.2 Å². The normalized spacial score (nSPS) is 17.6. The number of ether oxygens (including phenoxy) is 2. The maximum absolute atomic E-state index is 12.4. The molecule has 246 valence electrons. The fraction of sp³-hybridized carbons (Fsp3) is 0.351. The van der Waals surface area contributed by atoms with E-state index in [1.165, 1.54) is 6.92 Å². The zero-order chi connectivity index (χ0) is 32.8. The molecule has 1 aliphatic rings. The smallest absolute Gasteiger partial charge is 0.220 e. The SMILES string of the molecule is CC(=O)NCCCCCC(=O)NCc1cccc(-c2ccc([C@@H]3O[C@H](CSc4ncccn4)C[C@H](c4ccc(CO)cc4)O3)cc2)c1. The Kier molecular flexibility index (Phi) is 12.9. The van der Waals surface area contributed by atoms with Crippen molar-refractivity contribution in [3.05, 3.63) is 114 Å². The number of amides is 2. The van der Waals surface area contributed by atoms with Crippen molar-refractivity contribution in [2.24, 2.45) is 0 Å². The Morgan fingerprint density at radius 1 is 0.851 bits per heavy atom. The average molecular weight is 655 g/mol. The lowest BCUT2D eigenvalue weighted by molar-refractivity contribution is -0.245. The number of aliphatic hydroxyl groups excluding tert-OH is 1. The summed E-state index contributed by atoms with van der Waals surface area (Å²) in [5.41, 5.74) is 5.98. The molecule has 1 aliphatic heterocycles. The fourth-order valence-electron chi connectivity index (χ4n) is 5.38. The van der Waals surface area contributed by atoms with Crippen LogP contribution in [0.4, 0.5) is 0 Å². The first-order valence-electron chi connectivity index (χ1n) is 16.1. The lowest BCUT2D eigenvalue weighted by Crippen LogP contribution is -2.31. The highest BCUT2D eigenvalue weighted by atomic mass is 32.2. The minimum Gasteiger partial charge on any atom is -0.392 e. The van der Waals surface area contributed by atoms with E-state index in [2.05, 4.69) is 44.9 Å². The molecule has 2 amide bonds. The molecule has 3 aromatic carbocycles. The van der Waals surface area contributed by atoms with Gasteiger partial charge in [-0.05, 0) is 52.8 Å². The highest BCUT2D eigenvalue weighted by Crippen LogP contribution is 2.39. The molecule has 0 saturated carbocycles. The number of unbranched alkanes of at least 4 members (excludes halogenated alkanes) is 2. The second kappa shape index (κ2) is 17.7. The lowest BCUT2D eigenvalue weighted by Gasteiger charge is -2.36. The summed E-state index contributed by atoms with van der Waals surface area (Å²) in [6, 6.07) is 26.1. The first kappa shape index (κ1) is 34.3. The number of hydrogen-bond acceptors (Lipinski definition) is 8. The van der Waals surface area contributed by atoms with Gasteiger partial charge in [-0.15, -0.1) is 0 Å². The lowest BCUT2D eigenvalue weighted by atomic mass is 9.99. The van der Waals surface area contributed by atoms with E-state index < -0.39 is 6.29 Å². The number of thioether (sulfide) groups is 1. The summed E-state index contributed by atoms with van der Waals surface area (Å²) in [5.74, 6) is 0.695.